The van der Waals surface area contributed by atoms with Crippen LogP contribution in [-0.4, -0.2) is 9.97 Å². The lowest BCUT2D eigenvalue weighted by Crippen LogP contribution is -2.05. The molecule has 0 spiro atoms. The van der Waals surface area contributed by atoms with Crippen LogP contribution in [0.2, 0.25) is 5.02 Å². The number of halogens is 1. The van der Waals surface area contributed by atoms with Crippen LogP contribution in [0.1, 0.15) is 31.2 Å². The zero-order chi connectivity index (χ0) is 14.0. The van der Waals surface area contributed by atoms with E-state index in [1.165, 1.54) is 0 Å². The normalized spacial score (nSPS) is 10.8. The Bertz CT molecular complexity index is 596. The Kier molecular flexibility index (Phi) is 3.90. The minimum absolute atomic E-state index is 0.226. The Labute approximate surface area is 118 Å². The molecule has 0 saturated carbocycles. The number of nitrogens with two attached hydrogens (primary N) is 1. The van der Waals surface area contributed by atoms with Crippen molar-refractivity contribution in [3.05, 3.63) is 40.7 Å². The van der Waals surface area contributed by atoms with E-state index in [-0.39, 0.29) is 5.92 Å². The highest BCUT2D eigenvalue weighted by molar-refractivity contribution is 6.31. The highest BCUT2D eigenvalue weighted by atomic mass is 35.5. The van der Waals surface area contributed by atoms with Crippen LogP contribution >= 0.6 is 11.6 Å². The van der Waals surface area contributed by atoms with Gasteiger partial charge in [-0.2, -0.15) is 0 Å². The number of hydrogen-bond acceptors (Lipinski definition) is 4. The molecule has 0 radical (unpaired) electrons. The van der Waals surface area contributed by atoms with E-state index in [0.717, 1.165) is 22.1 Å². The van der Waals surface area contributed by atoms with Crippen LogP contribution in [-0.2, 0) is 0 Å². The Morgan fingerprint density at radius 3 is 2.68 bits per heavy atom. The lowest BCUT2D eigenvalue weighted by Gasteiger charge is -2.12. The van der Waals surface area contributed by atoms with Crippen LogP contribution in [0.15, 0.2) is 24.3 Å². The largest absolute Gasteiger partial charge is 0.384 e. The molecule has 100 valence electrons. The van der Waals surface area contributed by atoms with Gasteiger partial charge in [0.2, 0.25) is 0 Å². The molecule has 1 aromatic carbocycles. The second-order valence-electron chi connectivity index (χ2n) is 4.73. The molecule has 0 bridgehead atoms. The molecule has 0 fully saturated rings. The van der Waals surface area contributed by atoms with Gasteiger partial charge in [-0.15, -0.1) is 0 Å². The van der Waals surface area contributed by atoms with Gasteiger partial charge in [-0.25, -0.2) is 9.97 Å². The first kappa shape index (κ1) is 13.6. The summed E-state index contributed by atoms with van der Waals surface area (Å²) in [6.45, 7) is 6.02. The van der Waals surface area contributed by atoms with E-state index in [4.69, 9.17) is 17.3 Å². The summed E-state index contributed by atoms with van der Waals surface area (Å²) in [7, 11) is 0. The van der Waals surface area contributed by atoms with Gasteiger partial charge < -0.3 is 11.1 Å². The fourth-order valence-corrected chi connectivity index (χ4v) is 1.86. The van der Waals surface area contributed by atoms with Crippen LogP contribution in [0.5, 0.6) is 0 Å². The number of nitrogens with one attached hydrogen (secondary N) is 1. The number of hydrogen-bond donors (Lipinski definition) is 2. The predicted octanol–water partition coefficient (Wildman–Crippen LogP) is 3.89. The summed E-state index contributed by atoms with van der Waals surface area (Å²) < 4.78 is 0. The zero-order valence-electron chi connectivity index (χ0n) is 11.2. The molecule has 0 aliphatic carbocycles. The Hall–Kier alpha value is -1.81. The molecule has 0 aliphatic rings. The van der Waals surface area contributed by atoms with Crippen molar-refractivity contribution in [2.24, 2.45) is 0 Å². The van der Waals surface area contributed by atoms with Crippen molar-refractivity contribution in [3.63, 3.8) is 0 Å². The predicted molar refractivity (Wildman–Crippen MR) is 80.0 cm³/mol. The first-order valence-electron chi connectivity index (χ1n) is 6.14. The number of rotatable bonds is 3. The van der Waals surface area contributed by atoms with Gasteiger partial charge in [0.25, 0.3) is 0 Å². The fraction of sp³-hybridized carbons (Fsp3) is 0.286. The highest BCUT2D eigenvalue weighted by Crippen LogP contribution is 2.26. The van der Waals surface area contributed by atoms with Crippen molar-refractivity contribution in [2.45, 2.75) is 26.7 Å². The minimum Gasteiger partial charge on any atom is -0.384 e. The third-order valence-electron chi connectivity index (χ3n) is 2.81. The molecule has 0 saturated heterocycles. The zero-order valence-corrected chi connectivity index (χ0v) is 12.0. The second kappa shape index (κ2) is 5.45. The van der Waals surface area contributed by atoms with Crippen molar-refractivity contribution in [3.8, 4) is 0 Å². The van der Waals surface area contributed by atoms with Gasteiger partial charge in [-0.05, 0) is 24.6 Å². The maximum absolute atomic E-state index is 6.10. The van der Waals surface area contributed by atoms with Gasteiger partial charge in [0.15, 0.2) is 0 Å². The molecule has 3 N–H and O–H groups in total. The van der Waals surface area contributed by atoms with E-state index in [0.29, 0.717) is 11.6 Å². The van der Waals surface area contributed by atoms with Gasteiger partial charge in [0, 0.05) is 22.7 Å². The van der Waals surface area contributed by atoms with E-state index in [1.807, 2.05) is 39.0 Å². The lowest BCUT2D eigenvalue weighted by atomic mass is 10.2. The third-order valence-corrected chi connectivity index (χ3v) is 3.22. The molecule has 0 aliphatic heterocycles. The smallest absolute Gasteiger partial charge is 0.136 e. The summed E-state index contributed by atoms with van der Waals surface area (Å²) >= 11 is 6.10. The van der Waals surface area contributed by atoms with Crippen molar-refractivity contribution < 1.29 is 0 Å². The fourth-order valence-electron chi connectivity index (χ4n) is 1.69. The summed E-state index contributed by atoms with van der Waals surface area (Å²) in [6, 6.07) is 7.42. The molecule has 2 rings (SSSR count). The van der Waals surface area contributed by atoms with Gasteiger partial charge in [0.05, 0.1) is 0 Å². The van der Waals surface area contributed by atoms with Crippen LogP contribution in [0.4, 0.5) is 17.3 Å². The Morgan fingerprint density at radius 2 is 2.00 bits per heavy atom. The third kappa shape index (κ3) is 3.15. The monoisotopic (exact) mass is 276 g/mol. The highest BCUT2D eigenvalue weighted by Gasteiger charge is 2.08. The van der Waals surface area contributed by atoms with Crippen LogP contribution in [0.3, 0.4) is 0 Å². The number of anilines is 3. The van der Waals surface area contributed by atoms with Crippen LogP contribution in [0, 0.1) is 6.92 Å². The summed E-state index contributed by atoms with van der Waals surface area (Å²) in [6.07, 6.45) is 0. The molecule has 0 amide bonds. The van der Waals surface area contributed by atoms with Crippen molar-refractivity contribution >= 4 is 28.9 Å². The topological polar surface area (TPSA) is 63.8 Å². The van der Waals surface area contributed by atoms with E-state index < -0.39 is 0 Å². The van der Waals surface area contributed by atoms with Crippen molar-refractivity contribution in [2.75, 3.05) is 11.1 Å². The molecule has 2 aromatic rings. The molecular weight excluding hydrogens is 260 g/mol. The average Bonchev–Trinajstić information content (AvgIpc) is 2.34. The van der Waals surface area contributed by atoms with Gasteiger partial charge in [-0.3, -0.25) is 0 Å². The lowest BCUT2D eigenvalue weighted by molar-refractivity contribution is 0.779. The van der Waals surface area contributed by atoms with Crippen LogP contribution < -0.4 is 11.1 Å². The van der Waals surface area contributed by atoms with E-state index >= 15 is 0 Å². The summed E-state index contributed by atoms with van der Waals surface area (Å²) in [5, 5.41) is 3.95. The SMILES string of the molecule is Cc1c(Cl)cccc1Nc1cc(N)nc(C(C)C)n1. The Morgan fingerprint density at radius 1 is 1.26 bits per heavy atom. The van der Waals surface area contributed by atoms with Gasteiger partial charge >= 0.3 is 0 Å². The average molecular weight is 277 g/mol. The number of nitrogens with zero attached hydrogens (tertiary/aromatic N) is 2. The molecule has 1 heterocycles. The first-order chi connectivity index (χ1) is 8.97. The van der Waals surface area contributed by atoms with Crippen LogP contribution in [0.25, 0.3) is 0 Å². The first-order valence-corrected chi connectivity index (χ1v) is 6.51. The standard InChI is InChI=1S/C14H17ClN4/c1-8(2)14-18-12(16)7-13(19-14)17-11-6-4-5-10(15)9(11)3/h4-8H,1-3H3,(H3,16,17,18,19). The molecule has 1 aromatic heterocycles. The minimum atomic E-state index is 0.226. The van der Waals surface area contributed by atoms with Crippen molar-refractivity contribution in [1.29, 1.82) is 0 Å². The number of aromatic nitrogens is 2. The van der Waals surface area contributed by atoms with Gasteiger partial charge in [-0.1, -0.05) is 31.5 Å². The molecule has 0 atom stereocenters. The quantitative estimate of drug-likeness (QED) is 0.893. The maximum Gasteiger partial charge on any atom is 0.136 e. The van der Waals surface area contributed by atoms with E-state index in [1.54, 1.807) is 6.07 Å². The molecular formula is C14H17ClN4. The summed E-state index contributed by atoms with van der Waals surface area (Å²) in [4.78, 5) is 8.67. The van der Waals surface area contributed by atoms with E-state index in [2.05, 4.69) is 15.3 Å². The summed E-state index contributed by atoms with van der Waals surface area (Å²) in [5.74, 6) is 2.09. The molecule has 5 heteroatoms. The Balaban J connectivity index is 2.35. The molecule has 19 heavy (non-hydrogen) atoms. The molecule has 0 unspecified atom stereocenters. The summed E-state index contributed by atoms with van der Waals surface area (Å²) in [5.41, 5.74) is 7.70. The van der Waals surface area contributed by atoms with Crippen molar-refractivity contribution in [1.82, 2.24) is 9.97 Å². The van der Waals surface area contributed by atoms with E-state index in [9.17, 15) is 0 Å². The molecule has 4 nitrogen and oxygen atoms in total. The number of benzene rings is 1. The van der Waals surface area contributed by atoms with Gasteiger partial charge in [0.1, 0.15) is 17.5 Å². The number of nitrogen functional groups attached to an aromatic ring is 1. The second-order valence-corrected chi connectivity index (χ2v) is 5.14. The maximum atomic E-state index is 6.10.